The average molecular weight is 526 g/mol. The standard InChI is InChI=1S/C27H31N3O6S/c1-17(2)26(30-24(32)12-20-11-19(14-28)9-10-23(20)36-3)27(35)29-21(13-25(33)34)22(31)16-37-15-18-7-5-4-6-8-18/h4-11,17,21,26H,12-13,15-16H2,1-3H3,(H,29,35)(H,30,32)(H,33,34). The number of ether oxygens (including phenoxy) is 1. The van der Waals surface area contributed by atoms with Gasteiger partial charge in [0, 0.05) is 11.3 Å². The Labute approximate surface area is 220 Å². The predicted octanol–water partition coefficient (Wildman–Crippen LogP) is 2.71. The van der Waals surface area contributed by atoms with Crippen LogP contribution in [0.4, 0.5) is 0 Å². The van der Waals surface area contributed by atoms with Crippen molar-refractivity contribution in [2.24, 2.45) is 5.92 Å². The summed E-state index contributed by atoms with van der Waals surface area (Å²) in [5, 5.41) is 23.6. The first-order chi connectivity index (χ1) is 17.6. The molecule has 196 valence electrons. The van der Waals surface area contributed by atoms with Crippen LogP contribution in [0.5, 0.6) is 5.75 Å². The van der Waals surface area contributed by atoms with Crippen LogP contribution < -0.4 is 15.4 Å². The molecule has 0 aliphatic carbocycles. The summed E-state index contributed by atoms with van der Waals surface area (Å²) in [6.45, 7) is 3.45. The Morgan fingerprint density at radius 2 is 1.78 bits per heavy atom. The van der Waals surface area contributed by atoms with Crippen LogP contribution in [0.1, 0.15) is 37.0 Å². The maximum absolute atomic E-state index is 13.0. The molecule has 0 aromatic heterocycles. The summed E-state index contributed by atoms with van der Waals surface area (Å²) in [7, 11) is 1.45. The third-order valence-electron chi connectivity index (χ3n) is 5.47. The highest BCUT2D eigenvalue weighted by molar-refractivity contribution is 7.99. The van der Waals surface area contributed by atoms with Gasteiger partial charge < -0.3 is 20.5 Å². The molecule has 10 heteroatoms. The number of nitriles is 1. The van der Waals surface area contributed by atoms with Crippen LogP contribution in [0.3, 0.4) is 0 Å². The van der Waals surface area contributed by atoms with Crippen molar-refractivity contribution in [2.75, 3.05) is 12.9 Å². The Morgan fingerprint density at radius 3 is 2.38 bits per heavy atom. The minimum Gasteiger partial charge on any atom is -0.496 e. The number of carbonyl (C=O) groups excluding carboxylic acids is 3. The maximum Gasteiger partial charge on any atom is 0.305 e. The highest BCUT2D eigenvalue weighted by atomic mass is 32.2. The number of carboxylic acids is 1. The van der Waals surface area contributed by atoms with E-state index in [2.05, 4.69) is 10.6 Å². The Morgan fingerprint density at radius 1 is 1.08 bits per heavy atom. The first-order valence-corrected chi connectivity index (χ1v) is 12.8. The van der Waals surface area contributed by atoms with E-state index in [9.17, 15) is 24.3 Å². The van der Waals surface area contributed by atoms with Gasteiger partial charge in [-0.3, -0.25) is 19.2 Å². The number of carbonyl (C=O) groups is 4. The minimum absolute atomic E-state index is 0.0286. The number of ketones is 1. The summed E-state index contributed by atoms with van der Waals surface area (Å²) >= 11 is 1.33. The lowest BCUT2D eigenvalue weighted by Crippen LogP contribution is -2.54. The van der Waals surface area contributed by atoms with Crippen molar-refractivity contribution in [1.82, 2.24) is 10.6 Å². The van der Waals surface area contributed by atoms with Crippen LogP contribution in [-0.4, -0.2) is 53.6 Å². The van der Waals surface area contributed by atoms with Gasteiger partial charge in [-0.2, -0.15) is 5.26 Å². The molecule has 2 unspecified atom stereocenters. The molecular weight excluding hydrogens is 494 g/mol. The number of aliphatic carboxylic acids is 1. The molecule has 0 saturated carbocycles. The van der Waals surface area contributed by atoms with Gasteiger partial charge in [0.25, 0.3) is 0 Å². The van der Waals surface area contributed by atoms with Gasteiger partial charge in [0.1, 0.15) is 11.8 Å². The van der Waals surface area contributed by atoms with Gasteiger partial charge in [0.15, 0.2) is 5.78 Å². The summed E-state index contributed by atoms with van der Waals surface area (Å²) in [5.74, 6) is -2.08. The molecule has 0 saturated heterocycles. The Bertz CT molecular complexity index is 1150. The number of thioether (sulfide) groups is 1. The number of carboxylic acid groups (broad SMARTS) is 1. The number of hydrogen-bond acceptors (Lipinski definition) is 7. The van der Waals surface area contributed by atoms with Crippen LogP contribution in [0.2, 0.25) is 0 Å². The number of hydrogen-bond donors (Lipinski definition) is 3. The summed E-state index contributed by atoms with van der Waals surface area (Å²) in [6, 6.07) is 14.0. The van der Waals surface area contributed by atoms with Gasteiger partial charge in [-0.1, -0.05) is 44.2 Å². The van der Waals surface area contributed by atoms with E-state index in [1.54, 1.807) is 26.0 Å². The van der Waals surface area contributed by atoms with Crippen molar-refractivity contribution >= 4 is 35.3 Å². The van der Waals surface area contributed by atoms with E-state index < -0.39 is 42.1 Å². The fourth-order valence-corrected chi connectivity index (χ4v) is 4.48. The van der Waals surface area contributed by atoms with Crippen molar-refractivity contribution in [2.45, 2.75) is 44.5 Å². The zero-order valence-electron chi connectivity index (χ0n) is 21.0. The molecule has 2 rings (SSSR count). The molecule has 37 heavy (non-hydrogen) atoms. The molecule has 0 bridgehead atoms. The van der Waals surface area contributed by atoms with E-state index in [-0.39, 0.29) is 18.1 Å². The number of Topliss-reactive ketones (excluding diaryl/α,β-unsaturated/α-hetero) is 1. The number of nitrogens with one attached hydrogen (secondary N) is 2. The maximum atomic E-state index is 13.0. The summed E-state index contributed by atoms with van der Waals surface area (Å²) in [5.41, 5.74) is 1.87. The minimum atomic E-state index is -1.22. The fraction of sp³-hybridized carbons (Fsp3) is 0.370. The molecule has 2 aromatic carbocycles. The molecule has 2 aromatic rings. The van der Waals surface area contributed by atoms with E-state index in [0.717, 1.165) is 5.56 Å². The Hall–Kier alpha value is -3.84. The molecule has 9 nitrogen and oxygen atoms in total. The summed E-state index contributed by atoms with van der Waals surface area (Å²) < 4.78 is 5.26. The van der Waals surface area contributed by atoms with Crippen molar-refractivity contribution in [3.8, 4) is 11.8 Å². The Balaban J connectivity index is 2.05. The van der Waals surface area contributed by atoms with Gasteiger partial charge in [0.05, 0.1) is 43.4 Å². The van der Waals surface area contributed by atoms with Gasteiger partial charge >= 0.3 is 5.97 Å². The zero-order chi connectivity index (χ0) is 27.4. The topological polar surface area (TPSA) is 146 Å². The van der Waals surface area contributed by atoms with Crippen LogP contribution in [0.15, 0.2) is 48.5 Å². The molecule has 2 atom stereocenters. The fourth-order valence-electron chi connectivity index (χ4n) is 3.54. The smallest absolute Gasteiger partial charge is 0.305 e. The van der Waals surface area contributed by atoms with Crippen LogP contribution >= 0.6 is 11.8 Å². The molecule has 0 radical (unpaired) electrons. The lowest BCUT2D eigenvalue weighted by molar-refractivity contribution is -0.140. The quantitative estimate of drug-likeness (QED) is 0.341. The van der Waals surface area contributed by atoms with Crippen molar-refractivity contribution < 1.29 is 29.0 Å². The molecule has 0 heterocycles. The highest BCUT2D eigenvalue weighted by Gasteiger charge is 2.30. The van der Waals surface area contributed by atoms with Gasteiger partial charge in [-0.15, -0.1) is 11.8 Å². The average Bonchev–Trinajstić information content (AvgIpc) is 2.86. The first kappa shape index (κ1) is 29.4. The SMILES string of the molecule is COc1ccc(C#N)cc1CC(=O)NC(C(=O)NC(CC(=O)O)C(=O)CSCc1ccccc1)C(C)C. The molecular formula is C27H31N3O6S. The van der Waals surface area contributed by atoms with Crippen LogP contribution in [-0.2, 0) is 31.4 Å². The first-order valence-electron chi connectivity index (χ1n) is 11.7. The van der Waals surface area contributed by atoms with Crippen molar-refractivity contribution in [3.05, 3.63) is 65.2 Å². The lowest BCUT2D eigenvalue weighted by atomic mass is 10.0. The van der Waals surface area contributed by atoms with Crippen LogP contribution in [0, 0.1) is 17.2 Å². The molecule has 3 N–H and O–H groups in total. The number of benzene rings is 2. The van der Waals surface area contributed by atoms with Gasteiger partial charge in [0.2, 0.25) is 11.8 Å². The van der Waals surface area contributed by atoms with Crippen molar-refractivity contribution in [1.29, 1.82) is 5.26 Å². The molecule has 0 spiro atoms. The van der Waals surface area contributed by atoms with Crippen molar-refractivity contribution in [3.63, 3.8) is 0 Å². The highest BCUT2D eigenvalue weighted by Crippen LogP contribution is 2.20. The van der Waals surface area contributed by atoms with E-state index in [4.69, 9.17) is 10.00 Å². The normalized spacial score (nSPS) is 12.2. The third kappa shape index (κ3) is 9.61. The second-order valence-electron chi connectivity index (χ2n) is 8.71. The molecule has 2 amide bonds. The summed E-state index contributed by atoms with van der Waals surface area (Å²) in [4.78, 5) is 50.0. The number of nitrogens with zero attached hydrogens (tertiary/aromatic N) is 1. The molecule has 0 aliphatic rings. The van der Waals surface area contributed by atoms with Crippen LogP contribution in [0.25, 0.3) is 0 Å². The molecule has 0 fully saturated rings. The second kappa shape index (κ2) is 14.7. The van der Waals surface area contributed by atoms with E-state index in [1.165, 1.54) is 24.9 Å². The predicted molar refractivity (Wildman–Crippen MR) is 140 cm³/mol. The molecule has 0 aliphatic heterocycles. The monoisotopic (exact) mass is 525 g/mol. The second-order valence-corrected chi connectivity index (χ2v) is 9.69. The number of amides is 2. The van der Waals surface area contributed by atoms with E-state index in [0.29, 0.717) is 22.6 Å². The summed E-state index contributed by atoms with van der Waals surface area (Å²) in [6.07, 6.45) is -0.698. The largest absolute Gasteiger partial charge is 0.496 e. The lowest BCUT2D eigenvalue weighted by Gasteiger charge is -2.24. The number of rotatable bonds is 14. The van der Waals surface area contributed by atoms with E-state index >= 15 is 0 Å². The van der Waals surface area contributed by atoms with Gasteiger partial charge in [-0.05, 0) is 29.7 Å². The Kier molecular flexibility index (Phi) is 11.6. The third-order valence-corrected chi connectivity index (χ3v) is 6.49. The number of methoxy groups -OCH3 is 1. The van der Waals surface area contributed by atoms with E-state index in [1.807, 2.05) is 36.4 Å². The zero-order valence-corrected chi connectivity index (χ0v) is 21.8. The van der Waals surface area contributed by atoms with Gasteiger partial charge in [-0.25, -0.2) is 0 Å².